The fourth-order valence-electron chi connectivity index (χ4n) is 1.16. The van der Waals surface area contributed by atoms with Crippen LogP contribution in [0.25, 0.3) is 0 Å². The van der Waals surface area contributed by atoms with Gasteiger partial charge >= 0.3 is 0 Å². The molecule has 1 rings (SSSR count). The topological polar surface area (TPSA) is 58.0 Å². The van der Waals surface area contributed by atoms with Crippen molar-refractivity contribution in [1.29, 1.82) is 0 Å². The molecule has 0 saturated carbocycles. The van der Waals surface area contributed by atoms with E-state index in [1.807, 2.05) is 6.92 Å². The number of nitrogens with zero attached hydrogens (tertiary/aromatic N) is 2. The number of rotatable bonds is 4. The zero-order valence-electron chi connectivity index (χ0n) is 8.24. The molecule has 1 heterocycles. The van der Waals surface area contributed by atoms with Crippen LogP contribution in [0.2, 0.25) is 0 Å². The molecule has 4 nitrogen and oxygen atoms in total. The summed E-state index contributed by atoms with van der Waals surface area (Å²) in [6.07, 6.45) is 3.59. The van der Waals surface area contributed by atoms with Crippen LogP contribution >= 0.6 is 15.9 Å². The van der Waals surface area contributed by atoms with Gasteiger partial charge in [-0.3, -0.25) is 0 Å². The van der Waals surface area contributed by atoms with Crippen molar-refractivity contribution >= 4 is 21.7 Å². The second-order valence-electron chi connectivity index (χ2n) is 3.12. The van der Waals surface area contributed by atoms with Gasteiger partial charge in [-0.1, -0.05) is 6.92 Å². The highest BCUT2D eigenvalue weighted by molar-refractivity contribution is 9.10. The summed E-state index contributed by atoms with van der Waals surface area (Å²) in [4.78, 5) is 7.93. The normalized spacial score (nSPS) is 14.9. The standard InChI is InChI=1S/C9H14BrN3O/c1-3-8(6(2)14)13-9-7(10)4-11-5-12-9/h4-6,8,14H,3H2,1-2H3,(H,11,12,13). The SMILES string of the molecule is CCC(Nc1ncncc1Br)C(C)O. The summed E-state index contributed by atoms with van der Waals surface area (Å²) in [7, 11) is 0. The van der Waals surface area contributed by atoms with E-state index in [9.17, 15) is 5.11 Å². The minimum Gasteiger partial charge on any atom is -0.391 e. The quantitative estimate of drug-likeness (QED) is 0.866. The van der Waals surface area contributed by atoms with E-state index in [0.717, 1.165) is 10.9 Å². The lowest BCUT2D eigenvalue weighted by atomic mass is 10.1. The van der Waals surface area contributed by atoms with Crippen LogP contribution < -0.4 is 5.32 Å². The molecule has 0 spiro atoms. The fraction of sp³-hybridized carbons (Fsp3) is 0.556. The van der Waals surface area contributed by atoms with Crippen molar-refractivity contribution in [2.75, 3.05) is 5.32 Å². The van der Waals surface area contributed by atoms with Crippen LogP contribution in [0.4, 0.5) is 5.82 Å². The molecule has 14 heavy (non-hydrogen) atoms. The lowest BCUT2D eigenvalue weighted by Gasteiger charge is -2.20. The second kappa shape index (κ2) is 5.26. The smallest absolute Gasteiger partial charge is 0.144 e. The third-order valence-corrected chi connectivity index (χ3v) is 2.59. The number of hydrogen-bond donors (Lipinski definition) is 2. The van der Waals surface area contributed by atoms with Crippen LogP contribution in [0.1, 0.15) is 20.3 Å². The van der Waals surface area contributed by atoms with Crippen molar-refractivity contribution in [2.24, 2.45) is 0 Å². The van der Waals surface area contributed by atoms with Gasteiger partial charge in [0.05, 0.1) is 16.6 Å². The maximum atomic E-state index is 9.44. The van der Waals surface area contributed by atoms with Gasteiger partial charge in [-0.25, -0.2) is 9.97 Å². The summed E-state index contributed by atoms with van der Waals surface area (Å²) in [6.45, 7) is 3.77. The van der Waals surface area contributed by atoms with E-state index in [2.05, 4.69) is 31.2 Å². The second-order valence-corrected chi connectivity index (χ2v) is 3.97. The van der Waals surface area contributed by atoms with Gasteiger partial charge in [0, 0.05) is 6.20 Å². The maximum absolute atomic E-state index is 9.44. The first kappa shape index (κ1) is 11.4. The molecule has 0 aliphatic heterocycles. The Bertz CT molecular complexity index is 293. The highest BCUT2D eigenvalue weighted by Gasteiger charge is 2.13. The van der Waals surface area contributed by atoms with Gasteiger partial charge in [-0.2, -0.15) is 0 Å². The number of aromatic nitrogens is 2. The minimum absolute atomic E-state index is 0.0150. The van der Waals surface area contributed by atoms with Crippen LogP contribution in [0.15, 0.2) is 17.0 Å². The van der Waals surface area contributed by atoms with Gasteiger partial charge in [-0.05, 0) is 29.3 Å². The average molecular weight is 260 g/mol. The van der Waals surface area contributed by atoms with Gasteiger partial charge in [-0.15, -0.1) is 0 Å². The summed E-state index contributed by atoms with van der Waals surface area (Å²) in [5.41, 5.74) is 0. The zero-order valence-corrected chi connectivity index (χ0v) is 9.82. The van der Waals surface area contributed by atoms with Gasteiger partial charge in [0.2, 0.25) is 0 Å². The molecule has 2 N–H and O–H groups in total. The molecule has 1 aromatic heterocycles. The lowest BCUT2D eigenvalue weighted by molar-refractivity contribution is 0.169. The summed E-state index contributed by atoms with van der Waals surface area (Å²) in [5, 5.41) is 12.6. The Kier molecular flexibility index (Phi) is 4.28. The molecule has 0 saturated heterocycles. The van der Waals surface area contributed by atoms with Crippen LogP contribution in [-0.2, 0) is 0 Å². The number of aliphatic hydroxyl groups excluding tert-OH is 1. The molecular formula is C9H14BrN3O. The van der Waals surface area contributed by atoms with E-state index >= 15 is 0 Å². The summed E-state index contributed by atoms with van der Waals surface area (Å²) >= 11 is 3.33. The van der Waals surface area contributed by atoms with E-state index in [1.165, 1.54) is 6.33 Å². The molecule has 0 fully saturated rings. The molecule has 0 amide bonds. The van der Waals surface area contributed by atoms with E-state index in [0.29, 0.717) is 5.82 Å². The third-order valence-electron chi connectivity index (χ3n) is 2.01. The first-order valence-electron chi connectivity index (χ1n) is 4.55. The predicted octanol–water partition coefficient (Wildman–Crippen LogP) is 1.81. The maximum Gasteiger partial charge on any atom is 0.144 e. The molecule has 78 valence electrons. The molecule has 2 atom stereocenters. The van der Waals surface area contributed by atoms with Crippen molar-refractivity contribution in [3.63, 3.8) is 0 Å². The number of nitrogens with one attached hydrogen (secondary N) is 1. The molecular weight excluding hydrogens is 246 g/mol. The largest absolute Gasteiger partial charge is 0.391 e. The Morgan fingerprint density at radius 1 is 1.64 bits per heavy atom. The van der Waals surface area contributed by atoms with Gasteiger partial charge in [0.25, 0.3) is 0 Å². The molecule has 1 aromatic rings. The summed E-state index contributed by atoms with van der Waals surface area (Å²) in [6, 6.07) is 0.0150. The van der Waals surface area contributed by atoms with Crippen molar-refractivity contribution in [2.45, 2.75) is 32.4 Å². The first-order valence-corrected chi connectivity index (χ1v) is 5.34. The van der Waals surface area contributed by atoms with Crippen LogP contribution in [0.5, 0.6) is 0 Å². The Morgan fingerprint density at radius 3 is 2.86 bits per heavy atom. The summed E-state index contributed by atoms with van der Waals surface area (Å²) in [5.74, 6) is 0.716. The number of anilines is 1. The van der Waals surface area contributed by atoms with Gasteiger partial charge in [0.15, 0.2) is 0 Å². The van der Waals surface area contributed by atoms with E-state index in [1.54, 1.807) is 13.1 Å². The van der Waals surface area contributed by atoms with Crippen molar-refractivity contribution in [3.8, 4) is 0 Å². The molecule has 0 radical (unpaired) electrons. The Labute approximate surface area is 91.9 Å². The van der Waals surface area contributed by atoms with Crippen LogP contribution in [0.3, 0.4) is 0 Å². The Hall–Kier alpha value is -0.680. The molecule has 2 unspecified atom stereocenters. The number of halogens is 1. The van der Waals surface area contributed by atoms with Crippen molar-refractivity contribution in [3.05, 3.63) is 17.0 Å². The third kappa shape index (κ3) is 2.92. The molecule has 5 heteroatoms. The zero-order chi connectivity index (χ0) is 10.6. The molecule has 0 bridgehead atoms. The van der Waals surface area contributed by atoms with Crippen molar-refractivity contribution < 1.29 is 5.11 Å². The highest BCUT2D eigenvalue weighted by atomic mass is 79.9. The predicted molar refractivity (Wildman–Crippen MR) is 59.1 cm³/mol. The molecule has 0 aromatic carbocycles. The summed E-state index contributed by atoms with van der Waals surface area (Å²) < 4.78 is 0.805. The first-order chi connectivity index (χ1) is 6.65. The fourth-order valence-corrected chi connectivity index (χ4v) is 1.49. The van der Waals surface area contributed by atoms with Gasteiger partial charge < -0.3 is 10.4 Å². The van der Waals surface area contributed by atoms with E-state index < -0.39 is 6.10 Å². The highest BCUT2D eigenvalue weighted by Crippen LogP contribution is 2.19. The van der Waals surface area contributed by atoms with Crippen molar-refractivity contribution in [1.82, 2.24) is 9.97 Å². The minimum atomic E-state index is -0.401. The number of hydrogen-bond acceptors (Lipinski definition) is 4. The van der Waals surface area contributed by atoms with Crippen LogP contribution in [-0.4, -0.2) is 27.2 Å². The van der Waals surface area contributed by atoms with Gasteiger partial charge in [0.1, 0.15) is 12.1 Å². The average Bonchev–Trinajstić information content (AvgIpc) is 2.16. The van der Waals surface area contributed by atoms with E-state index in [4.69, 9.17) is 0 Å². The lowest BCUT2D eigenvalue weighted by Crippen LogP contribution is -2.31. The van der Waals surface area contributed by atoms with E-state index in [-0.39, 0.29) is 6.04 Å². The monoisotopic (exact) mass is 259 g/mol. The molecule has 0 aliphatic carbocycles. The Balaban J connectivity index is 2.72. The Morgan fingerprint density at radius 2 is 2.36 bits per heavy atom. The molecule has 0 aliphatic rings. The number of aliphatic hydroxyl groups is 1. The van der Waals surface area contributed by atoms with Crippen LogP contribution in [0, 0.1) is 0 Å².